The zero-order chi connectivity index (χ0) is 17.4. The van der Waals surface area contributed by atoms with Crippen LogP contribution in [0.2, 0.25) is 5.02 Å². The first-order chi connectivity index (χ1) is 12.0. The first-order valence-electron chi connectivity index (χ1n) is 7.61. The molecular formula is C17H14ClN3O2S2. The number of sulfonamides is 1. The van der Waals surface area contributed by atoms with E-state index in [1.54, 1.807) is 36.0 Å². The van der Waals surface area contributed by atoms with Gasteiger partial charge in [-0.3, -0.25) is 9.71 Å². The minimum atomic E-state index is -3.66. The van der Waals surface area contributed by atoms with Crippen LogP contribution in [0.5, 0.6) is 0 Å². The molecule has 2 aliphatic rings. The standard InChI is InChI=1S/C17H14ClN3O2S2/c18-13-2-1-3-15(10-13)25(22,23)20-14-6-4-12(5-7-14)16-11-24-17-19-8-9-21(16)17/h1-7,10-11,20H,8-9H2. The van der Waals surface area contributed by atoms with E-state index in [1.807, 2.05) is 12.1 Å². The largest absolute Gasteiger partial charge is 0.318 e. The van der Waals surface area contributed by atoms with Crippen LogP contribution in [0.1, 0.15) is 5.56 Å². The van der Waals surface area contributed by atoms with E-state index < -0.39 is 10.0 Å². The van der Waals surface area contributed by atoms with E-state index in [4.69, 9.17) is 11.6 Å². The molecule has 0 spiro atoms. The molecule has 25 heavy (non-hydrogen) atoms. The van der Waals surface area contributed by atoms with Crippen molar-refractivity contribution in [2.24, 2.45) is 4.99 Å². The van der Waals surface area contributed by atoms with E-state index in [2.05, 4.69) is 20.0 Å². The number of anilines is 1. The lowest BCUT2D eigenvalue weighted by molar-refractivity contribution is 0.601. The summed E-state index contributed by atoms with van der Waals surface area (Å²) >= 11 is 7.50. The van der Waals surface area contributed by atoms with E-state index in [9.17, 15) is 8.42 Å². The molecule has 0 bridgehead atoms. The molecule has 0 saturated carbocycles. The average Bonchev–Trinajstić information content (AvgIpc) is 3.19. The number of hydrogen-bond acceptors (Lipinski definition) is 5. The Morgan fingerprint density at radius 1 is 1.16 bits per heavy atom. The van der Waals surface area contributed by atoms with Gasteiger partial charge in [0, 0.05) is 22.7 Å². The molecule has 2 aromatic rings. The van der Waals surface area contributed by atoms with Crippen LogP contribution in [0.4, 0.5) is 5.69 Å². The normalized spacial score (nSPS) is 16.4. The van der Waals surface area contributed by atoms with Crippen LogP contribution >= 0.6 is 23.4 Å². The van der Waals surface area contributed by atoms with Crippen LogP contribution in [0, 0.1) is 0 Å². The fraction of sp³-hybridized carbons (Fsp3) is 0.118. The molecule has 8 heteroatoms. The maximum absolute atomic E-state index is 12.4. The maximum Gasteiger partial charge on any atom is 0.261 e. The molecule has 4 rings (SSSR count). The van der Waals surface area contributed by atoms with Gasteiger partial charge in [0.15, 0.2) is 5.17 Å². The Hall–Kier alpha value is -1.96. The molecule has 2 aliphatic heterocycles. The summed E-state index contributed by atoms with van der Waals surface area (Å²) in [6.45, 7) is 1.70. The zero-order valence-electron chi connectivity index (χ0n) is 13.0. The number of amidine groups is 1. The molecule has 0 radical (unpaired) electrons. The Morgan fingerprint density at radius 2 is 1.96 bits per heavy atom. The number of nitrogens with one attached hydrogen (secondary N) is 1. The number of hydrogen-bond donors (Lipinski definition) is 1. The fourth-order valence-corrected chi connectivity index (χ4v) is 5.03. The van der Waals surface area contributed by atoms with E-state index in [0.29, 0.717) is 10.7 Å². The third-order valence-corrected chi connectivity index (χ3v) is 6.42. The first kappa shape index (κ1) is 16.5. The van der Waals surface area contributed by atoms with E-state index >= 15 is 0 Å². The van der Waals surface area contributed by atoms with Crippen LogP contribution in [0.15, 0.2) is 63.8 Å². The topological polar surface area (TPSA) is 61.8 Å². The Labute approximate surface area is 155 Å². The Morgan fingerprint density at radius 3 is 2.72 bits per heavy atom. The number of thioether (sulfide) groups is 1. The Balaban J connectivity index is 1.54. The summed E-state index contributed by atoms with van der Waals surface area (Å²) < 4.78 is 27.4. The second kappa shape index (κ2) is 6.40. The lowest BCUT2D eigenvalue weighted by Gasteiger charge is -2.17. The molecule has 2 aromatic carbocycles. The fourth-order valence-electron chi connectivity index (χ4n) is 2.70. The van der Waals surface area contributed by atoms with Gasteiger partial charge >= 0.3 is 0 Å². The summed E-state index contributed by atoms with van der Waals surface area (Å²) in [6.07, 6.45) is 0. The van der Waals surface area contributed by atoms with Crippen molar-refractivity contribution >= 4 is 49.9 Å². The number of nitrogens with zero attached hydrogens (tertiary/aromatic N) is 2. The van der Waals surface area contributed by atoms with Crippen LogP contribution < -0.4 is 4.72 Å². The lowest BCUT2D eigenvalue weighted by atomic mass is 10.1. The van der Waals surface area contributed by atoms with Crippen molar-refractivity contribution < 1.29 is 8.42 Å². The molecule has 1 N–H and O–H groups in total. The van der Waals surface area contributed by atoms with Gasteiger partial charge in [-0.05, 0) is 35.9 Å². The van der Waals surface area contributed by atoms with Gasteiger partial charge in [0.2, 0.25) is 0 Å². The minimum absolute atomic E-state index is 0.136. The molecule has 0 amide bonds. The number of rotatable bonds is 4. The Bertz CT molecular complexity index is 985. The summed E-state index contributed by atoms with van der Waals surface area (Å²) in [5.41, 5.74) is 2.64. The van der Waals surface area contributed by atoms with Gasteiger partial charge in [-0.2, -0.15) is 0 Å². The highest BCUT2D eigenvalue weighted by Gasteiger charge is 2.27. The number of aliphatic imine (C=N–C) groups is 1. The molecule has 128 valence electrons. The van der Waals surface area contributed by atoms with Gasteiger partial charge < -0.3 is 4.90 Å². The molecule has 0 aliphatic carbocycles. The monoisotopic (exact) mass is 391 g/mol. The number of fused-ring (bicyclic) bond motifs is 1. The van der Waals surface area contributed by atoms with Crippen molar-refractivity contribution in [3.63, 3.8) is 0 Å². The summed E-state index contributed by atoms with van der Waals surface area (Å²) in [5, 5.41) is 3.48. The first-order valence-corrected chi connectivity index (χ1v) is 10.3. The third kappa shape index (κ3) is 3.27. The van der Waals surface area contributed by atoms with Crippen LogP contribution in [-0.2, 0) is 10.0 Å². The van der Waals surface area contributed by atoms with Crippen molar-refractivity contribution in [1.29, 1.82) is 0 Å². The van der Waals surface area contributed by atoms with Crippen molar-refractivity contribution in [1.82, 2.24) is 4.90 Å². The van der Waals surface area contributed by atoms with E-state index in [0.717, 1.165) is 29.5 Å². The minimum Gasteiger partial charge on any atom is -0.318 e. The quantitative estimate of drug-likeness (QED) is 0.859. The average molecular weight is 392 g/mol. The molecule has 0 unspecified atom stereocenters. The van der Waals surface area contributed by atoms with Gasteiger partial charge in [-0.15, -0.1) is 0 Å². The SMILES string of the molecule is O=S(=O)(Nc1ccc(C2=CSC3=NCCN23)cc1)c1cccc(Cl)c1. The highest BCUT2D eigenvalue weighted by Crippen LogP contribution is 2.35. The van der Waals surface area contributed by atoms with Crippen LogP contribution in [0.3, 0.4) is 0 Å². The molecule has 0 aromatic heterocycles. The molecule has 0 fully saturated rings. The van der Waals surface area contributed by atoms with E-state index in [1.165, 1.54) is 12.1 Å². The van der Waals surface area contributed by atoms with Gasteiger partial charge in [0.05, 0.1) is 17.1 Å². The van der Waals surface area contributed by atoms with Gasteiger partial charge in [0.25, 0.3) is 10.0 Å². The van der Waals surface area contributed by atoms with Crippen molar-refractivity contribution in [2.75, 3.05) is 17.8 Å². The van der Waals surface area contributed by atoms with Crippen LogP contribution in [-0.4, -0.2) is 31.6 Å². The van der Waals surface area contributed by atoms with Gasteiger partial charge in [-0.25, -0.2) is 8.42 Å². The molecule has 0 saturated heterocycles. The number of halogens is 1. The second-order valence-corrected chi connectivity index (χ2v) is 8.53. The van der Waals surface area contributed by atoms with Crippen molar-refractivity contribution in [3.05, 3.63) is 64.5 Å². The maximum atomic E-state index is 12.4. The number of benzene rings is 2. The highest BCUT2D eigenvalue weighted by atomic mass is 35.5. The Kier molecular flexibility index (Phi) is 4.23. The second-order valence-electron chi connectivity index (χ2n) is 5.58. The predicted octanol–water partition coefficient (Wildman–Crippen LogP) is 3.86. The summed E-state index contributed by atoms with van der Waals surface area (Å²) in [6, 6.07) is 13.5. The summed E-state index contributed by atoms with van der Waals surface area (Å²) in [4.78, 5) is 6.74. The highest BCUT2D eigenvalue weighted by molar-refractivity contribution is 8.16. The smallest absolute Gasteiger partial charge is 0.261 e. The molecule has 0 atom stereocenters. The molecular weight excluding hydrogens is 378 g/mol. The predicted molar refractivity (Wildman–Crippen MR) is 103 cm³/mol. The van der Waals surface area contributed by atoms with Crippen molar-refractivity contribution in [2.45, 2.75) is 4.90 Å². The van der Waals surface area contributed by atoms with Gasteiger partial charge in [0.1, 0.15) is 0 Å². The zero-order valence-corrected chi connectivity index (χ0v) is 15.4. The molecule has 2 heterocycles. The summed E-state index contributed by atoms with van der Waals surface area (Å²) in [5.74, 6) is 0. The lowest BCUT2D eigenvalue weighted by Crippen LogP contribution is -2.19. The third-order valence-electron chi connectivity index (χ3n) is 3.91. The van der Waals surface area contributed by atoms with E-state index in [-0.39, 0.29) is 4.90 Å². The van der Waals surface area contributed by atoms with Crippen molar-refractivity contribution in [3.8, 4) is 0 Å². The van der Waals surface area contributed by atoms with Crippen LogP contribution in [0.25, 0.3) is 5.70 Å². The molecule has 5 nitrogen and oxygen atoms in total. The summed E-state index contributed by atoms with van der Waals surface area (Å²) in [7, 11) is -3.66. The van der Waals surface area contributed by atoms with Gasteiger partial charge in [-0.1, -0.05) is 41.6 Å².